The van der Waals surface area contributed by atoms with Crippen LogP contribution in [-0.4, -0.2) is 27.6 Å². The highest BCUT2D eigenvalue weighted by atomic mass is 35.5. The van der Waals surface area contributed by atoms with E-state index in [1.807, 2.05) is 14.0 Å². The van der Waals surface area contributed by atoms with Gasteiger partial charge in [0.1, 0.15) is 0 Å². The third-order valence-electron chi connectivity index (χ3n) is 3.08. The molecular weight excluding hydrogens is 238 g/mol. The number of aromatic nitrogens is 2. The minimum atomic E-state index is -0.0683. The highest BCUT2D eigenvalue weighted by Crippen LogP contribution is 2.35. The van der Waals surface area contributed by atoms with Crippen molar-refractivity contribution < 1.29 is 4.79 Å². The third kappa shape index (κ3) is 3.00. The summed E-state index contributed by atoms with van der Waals surface area (Å²) < 4.78 is 1.67. The van der Waals surface area contributed by atoms with Gasteiger partial charge in [0.2, 0.25) is 0 Å². The van der Waals surface area contributed by atoms with Gasteiger partial charge < -0.3 is 5.32 Å². The van der Waals surface area contributed by atoms with Gasteiger partial charge >= 0.3 is 0 Å². The molecule has 1 aliphatic carbocycles. The van der Waals surface area contributed by atoms with Crippen LogP contribution in [0.3, 0.4) is 0 Å². The van der Waals surface area contributed by atoms with Crippen LogP contribution in [0.4, 0.5) is 0 Å². The molecule has 1 amide bonds. The Morgan fingerprint density at radius 1 is 1.71 bits per heavy atom. The van der Waals surface area contributed by atoms with Gasteiger partial charge in [-0.15, -0.1) is 11.6 Å². The van der Waals surface area contributed by atoms with E-state index in [0.29, 0.717) is 18.0 Å². The lowest BCUT2D eigenvalue weighted by molar-refractivity contribution is 0.0952. The molecule has 0 bridgehead atoms. The number of carbonyl (C=O) groups excluding carboxylic acids is 1. The van der Waals surface area contributed by atoms with Crippen LogP contribution in [0, 0.1) is 5.92 Å². The summed E-state index contributed by atoms with van der Waals surface area (Å²) in [5.74, 6) is 0.526. The molecule has 17 heavy (non-hydrogen) atoms. The molecule has 4 nitrogen and oxygen atoms in total. The molecule has 1 aliphatic rings. The first-order chi connectivity index (χ1) is 8.11. The van der Waals surface area contributed by atoms with Gasteiger partial charge in [0.05, 0.1) is 16.6 Å². The lowest BCUT2D eigenvalue weighted by atomic mass is 10.2. The van der Waals surface area contributed by atoms with E-state index in [9.17, 15) is 4.79 Å². The number of hydrogen-bond donors (Lipinski definition) is 1. The van der Waals surface area contributed by atoms with Gasteiger partial charge in [-0.2, -0.15) is 5.10 Å². The zero-order chi connectivity index (χ0) is 12.4. The predicted molar refractivity (Wildman–Crippen MR) is 67.3 cm³/mol. The Balaban J connectivity index is 1.93. The van der Waals surface area contributed by atoms with Crippen LogP contribution in [0.2, 0.25) is 0 Å². The summed E-state index contributed by atoms with van der Waals surface area (Å²) in [6.07, 6.45) is 4.90. The zero-order valence-electron chi connectivity index (χ0n) is 10.2. The number of amides is 1. The molecule has 1 aromatic heterocycles. The molecule has 0 aromatic carbocycles. The van der Waals surface area contributed by atoms with E-state index < -0.39 is 0 Å². The van der Waals surface area contributed by atoms with Crippen LogP contribution in [0.1, 0.15) is 35.8 Å². The van der Waals surface area contributed by atoms with Crippen molar-refractivity contribution >= 4 is 17.5 Å². The van der Waals surface area contributed by atoms with E-state index >= 15 is 0 Å². The van der Waals surface area contributed by atoms with Crippen LogP contribution in [0.25, 0.3) is 0 Å². The van der Waals surface area contributed by atoms with Crippen molar-refractivity contribution in [1.29, 1.82) is 0 Å². The van der Waals surface area contributed by atoms with Crippen molar-refractivity contribution in [3.63, 3.8) is 0 Å². The van der Waals surface area contributed by atoms with Crippen LogP contribution in [-0.2, 0) is 13.5 Å². The van der Waals surface area contributed by atoms with E-state index in [1.165, 1.54) is 12.8 Å². The van der Waals surface area contributed by atoms with Gasteiger partial charge in [-0.25, -0.2) is 0 Å². The summed E-state index contributed by atoms with van der Waals surface area (Å²) in [5.41, 5.74) is 1.50. The fraction of sp³-hybridized carbons (Fsp3) is 0.667. The second-order valence-electron chi connectivity index (χ2n) is 4.58. The molecule has 0 radical (unpaired) electrons. The molecule has 0 saturated heterocycles. The Morgan fingerprint density at radius 2 is 2.41 bits per heavy atom. The number of aryl methyl sites for hydroxylation is 2. The van der Waals surface area contributed by atoms with Gasteiger partial charge in [0.25, 0.3) is 5.91 Å². The van der Waals surface area contributed by atoms with Crippen molar-refractivity contribution in [2.24, 2.45) is 13.0 Å². The minimum absolute atomic E-state index is 0.0683. The Labute approximate surface area is 106 Å². The molecule has 0 spiro atoms. The third-order valence-corrected chi connectivity index (χ3v) is 3.59. The first-order valence-electron chi connectivity index (χ1n) is 6.06. The van der Waals surface area contributed by atoms with Crippen molar-refractivity contribution in [2.45, 2.75) is 31.6 Å². The summed E-state index contributed by atoms with van der Waals surface area (Å²) in [6.45, 7) is 2.54. The zero-order valence-corrected chi connectivity index (χ0v) is 11.0. The Hall–Kier alpha value is -1.03. The van der Waals surface area contributed by atoms with Crippen molar-refractivity contribution in [1.82, 2.24) is 15.1 Å². The van der Waals surface area contributed by atoms with Crippen molar-refractivity contribution in [3.8, 4) is 0 Å². The molecule has 1 aromatic rings. The summed E-state index contributed by atoms with van der Waals surface area (Å²) >= 11 is 6.15. The number of nitrogens with zero attached hydrogens (tertiary/aromatic N) is 2. The second-order valence-corrected chi connectivity index (χ2v) is 5.14. The molecule has 1 fully saturated rings. The lowest BCUT2D eigenvalue weighted by Gasteiger charge is -2.09. The maximum Gasteiger partial charge on any atom is 0.254 e. The van der Waals surface area contributed by atoms with E-state index in [4.69, 9.17) is 11.6 Å². The minimum Gasteiger partial charge on any atom is -0.350 e. The van der Waals surface area contributed by atoms with Gasteiger partial charge in [-0.1, -0.05) is 6.92 Å². The molecule has 94 valence electrons. The molecule has 0 aliphatic heterocycles. The van der Waals surface area contributed by atoms with E-state index in [0.717, 1.165) is 12.1 Å². The maximum atomic E-state index is 12.0. The summed E-state index contributed by atoms with van der Waals surface area (Å²) in [7, 11) is 1.82. The molecular formula is C12H18ClN3O. The van der Waals surface area contributed by atoms with Crippen LogP contribution in [0.5, 0.6) is 0 Å². The number of halogens is 1. The van der Waals surface area contributed by atoms with E-state index in [1.54, 1.807) is 10.9 Å². The van der Waals surface area contributed by atoms with E-state index in [-0.39, 0.29) is 11.3 Å². The fourth-order valence-electron chi connectivity index (χ4n) is 1.90. The topological polar surface area (TPSA) is 46.9 Å². The highest BCUT2D eigenvalue weighted by molar-refractivity contribution is 6.21. The Bertz CT molecular complexity index is 412. The fourth-order valence-corrected chi connectivity index (χ4v) is 2.22. The molecule has 1 heterocycles. The maximum absolute atomic E-state index is 12.0. The number of hydrogen-bond acceptors (Lipinski definition) is 2. The average molecular weight is 256 g/mol. The summed E-state index contributed by atoms with van der Waals surface area (Å²) in [5, 5.41) is 7.20. The highest BCUT2D eigenvalue weighted by Gasteiger charge is 2.30. The standard InChI is InChI=1S/C12H18ClN3O/c1-3-11-9(7-16(2)15-11)12(17)14-6-10(13)8-4-5-8/h7-8,10H,3-6H2,1-2H3,(H,14,17). The number of nitrogens with one attached hydrogen (secondary N) is 1. The van der Waals surface area contributed by atoms with E-state index in [2.05, 4.69) is 10.4 Å². The Kier molecular flexibility index (Phi) is 3.72. The molecule has 1 saturated carbocycles. The van der Waals surface area contributed by atoms with Gasteiger partial charge in [-0.05, 0) is 25.2 Å². The average Bonchev–Trinajstić information content (AvgIpc) is 3.09. The number of rotatable bonds is 5. The smallest absolute Gasteiger partial charge is 0.254 e. The summed E-state index contributed by atoms with van der Waals surface area (Å²) in [4.78, 5) is 12.0. The normalized spacial score (nSPS) is 16.9. The molecule has 1 N–H and O–H groups in total. The van der Waals surface area contributed by atoms with Crippen LogP contribution >= 0.6 is 11.6 Å². The lowest BCUT2D eigenvalue weighted by Crippen LogP contribution is -2.31. The Morgan fingerprint density at radius 3 is 3.00 bits per heavy atom. The molecule has 5 heteroatoms. The molecule has 1 atom stereocenters. The molecule has 1 unspecified atom stereocenters. The molecule has 2 rings (SSSR count). The van der Waals surface area contributed by atoms with Crippen molar-refractivity contribution in [2.75, 3.05) is 6.54 Å². The quantitative estimate of drug-likeness (QED) is 0.815. The second kappa shape index (κ2) is 5.08. The number of carbonyl (C=O) groups is 1. The van der Waals surface area contributed by atoms with Crippen molar-refractivity contribution in [3.05, 3.63) is 17.5 Å². The first-order valence-corrected chi connectivity index (χ1v) is 6.50. The van der Waals surface area contributed by atoms with Crippen LogP contribution < -0.4 is 5.32 Å². The first kappa shape index (κ1) is 12.4. The van der Waals surface area contributed by atoms with Gasteiger partial charge in [-0.3, -0.25) is 9.48 Å². The largest absolute Gasteiger partial charge is 0.350 e. The SMILES string of the molecule is CCc1nn(C)cc1C(=O)NCC(Cl)C1CC1. The number of alkyl halides is 1. The predicted octanol–water partition coefficient (Wildman–Crippen LogP) is 1.73. The monoisotopic (exact) mass is 255 g/mol. The van der Waals surface area contributed by atoms with Gasteiger partial charge in [0, 0.05) is 19.8 Å². The van der Waals surface area contributed by atoms with Gasteiger partial charge in [0.15, 0.2) is 0 Å². The van der Waals surface area contributed by atoms with Crippen LogP contribution in [0.15, 0.2) is 6.20 Å². The summed E-state index contributed by atoms with van der Waals surface area (Å²) in [6, 6.07) is 0.